The van der Waals surface area contributed by atoms with Gasteiger partial charge in [0, 0.05) is 11.5 Å². The fourth-order valence-corrected chi connectivity index (χ4v) is 3.93. The molecule has 1 aromatic rings. The predicted molar refractivity (Wildman–Crippen MR) is 57.2 cm³/mol. The van der Waals surface area contributed by atoms with Crippen LogP contribution in [-0.2, 0) is 4.79 Å². The first-order chi connectivity index (χ1) is 6.36. The van der Waals surface area contributed by atoms with Crippen molar-refractivity contribution in [1.29, 1.82) is 0 Å². The molecule has 1 fully saturated rings. The third-order valence-electron chi connectivity index (χ3n) is 1.43. The summed E-state index contributed by atoms with van der Waals surface area (Å²) in [6.45, 7) is 0. The Labute approximate surface area is 87.9 Å². The normalized spacial score (nSPS) is 17.5. The van der Waals surface area contributed by atoms with E-state index in [1.54, 1.807) is 29.0 Å². The van der Waals surface area contributed by atoms with Gasteiger partial charge in [0.05, 0.1) is 0 Å². The topological polar surface area (TPSA) is 54.9 Å². The number of thioether (sulfide) groups is 2. The van der Waals surface area contributed by atoms with Gasteiger partial charge in [-0.15, -0.1) is 33.7 Å². The van der Waals surface area contributed by atoms with Crippen molar-refractivity contribution >= 4 is 45.9 Å². The Balaban J connectivity index is 1.91. The maximum atomic E-state index is 11.5. The van der Waals surface area contributed by atoms with Crippen LogP contribution >= 0.6 is 34.9 Å². The second-order valence-corrected chi connectivity index (χ2v) is 5.86. The highest BCUT2D eigenvalue weighted by Gasteiger charge is 2.24. The molecule has 7 heteroatoms. The Morgan fingerprint density at radius 3 is 2.92 bits per heavy atom. The molecule has 13 heavy (non-hydrogen) atoms. The van der Waals surface area contributed by atoms with Crippen LogP contribution in [0, 0.1) is 0 Å². The van der Waals surface area contributed by atoms with Crippen LogP contribution in [0.3, 0.4) is 0 Å². The van der Waals surface area contributed by atoms with Gasteiger partial charge in [0.15, 0.2) is 0 Å². The van der Waals surface area contributed by atoms with E-state index in [4.69, 9.17) is 0 Å². The number of carbonyl (C=O) groups is 1. The van der Waals surface area contributed by atoms with Crippen LogP contribution < -0.4 is 5.32 Å². The molecule has 1 N–H and O–H groups in total. The lowest BCUT2D eigenvalue weighted by Gasteiger charge is -2.05. The van der Waals surface area contributed by atoms with E-state index in [2.05, 4.69) is 15.5 Å². The van der Waals surface area contributed by atoms with E-state index < -0.39 is 0 Å². The summed E-state index contributed by atoms with van der Waals surface area (Å²) in [5, 5.41) is 10.7. The minimum atomic E-state index is 0.0314. The summed E-state index contributed by atoms with van der Waals surface area (Å²) >= 11 is 4.70. The molecule has 1 amide bonds. The van der Waals surface area contributed by atoms with E-state index in [1.165, 1.54) is 11.3 Å². The molecule has 0 bridgehead atoms. The van der Waals surface area contributed by atoms with Gasteiger partial charge in [0.25, 0.3) is 0 Å². The first kappa shape index (κ1) is 9.29. The first-order valence-electron chi connectivity index (χ1n) is 3.66. The Morgan fingerprint density at radius 2 is 2.31 bits per heavy atom. The number of hydrogen-bond acceptors (Lipinski definition) is 6. The summed E-state index contributed by atoms with van der Waals surface area (Å²) < 4.78 is 0.0314. The van der Waals surface area contributed by atoms with Crippen molar-refractivity contribution in [2.24, 2.45) is 0 Å². The van der Waals surface area contributed by atoms with E-state index in [0.29, 0.717) is 5.13 Å². The molecule has 0 atom stereocenters. The summed E-state index contributed by atoms with van der Waals surface area (Å²) in [6.07, 6.45) is 0. The number of rotatable bonds is 2. The highest BCUT2D eigenvalue weighted by atomic mass is 32.2. The van der Waals surface area contributed by atoms with Crippen LogP contribution in [0.2, 0.25) is 0 Å². The molecule has 0 saturated carbocycles. The van der Waals surface area contributed by atoms with Crippen molar-refractivity contribution in [3.63, 3.8) is 0 Å². The van der Waals surface area contributed by atoms with E-state index >= 15 is 0 Å². The van der Waals surface area contributed by atoms with Gasteiger partial charge in [-0.2, -0.15) is 0 Å². The van der Waals surface area contributed by atoms with Gasteiger partial charge in [-0.05, 0) is 0 Å². The van der Waals surface area contributed by atoms with Crippen molar-refractivity contribution in [2.75, 3.05) is 16.8 Å². The number of carbonyl (C=O) groups excluding carboxylic acids is 1. The SMILES string of the molecule is O=C(Nc1nncs1)C1SCCS1. The molecular formula is C6H7N3OS3. The summed E-state index contributed by atoms with van der Waals surface area (Å²) in [4.78, 5) is 11.5. The average molecular weight is 233 g/mol. The van der Waals surface area contributed by atoms with Crippen molar-refractivity contribution in [3.8, 4) is 0 Å². The second kappa shape index (κ2) is 4.30. The smallest absolute Gasteiger partial charge is 0.249 e. The second-order valence-electron chi connectivity index (χ2n) is 2.31. The molecule has 0 aromatic carbocycles. The maximum absolute atomic E-state index is 11.5. The summed E-state index contributed by atoms with van der Waals surface area (Å²) in [6, 6.07) is 0. The molecule has 0 unspecified atom stereocenters. The fourth-order valence-electron chi connectivity index (χ4n) is 0.902. The van der Waals surface area contributed by atoms with Gasteiger partial charge >= 0.3 is 0 Å². The zero-order valence-corrected chi connectivity index (χ0v) is 9.05. The van der Waals surface area contributed by atoms with Crippen molar-refractivity contribution < 1.29 is 4.79 Å². The number of anilines is 1. The van der Waals surface area contributed by atoms with E-state index in [0.717, 1.165) is 11.5 Å². The van der Waals surface area contributed by atoms with Gasteiger partial charge in [0.2, 0.25) is 11.0 Å². The quantitative estimate of drug-likeness (QED) is 0.834. The van der Waals surface area contributed by atoms with Crippen LogP contribution in [0.4, 0.5) is 5.13 Å². The maximum Gasteiger partial charge on any atom is 0.249 e. The van der Waals surface area contributed by atoms with Gasteiger partial charge in [-0.25, -0.2) is 0 Å². The predicted octanol–water partition coefficient (Wildman–Crippen LogP) is 1.28. The molecule has 70 valence electrons. The molecule has 2 heterocycles. The van der Waals surface area contributed by atoms with Crippen molar-refractivity contribution in [2.45, 2.75) is 4.58 Å². The monoisotopic (exact) mass is 233 g/mol. The Bertz CT molecular complexity index is 283. The number of aromatic nitrogens is 2. The lowest BCUT2D eigenvalue weighted by molar-refractivity contribution is -0.114. The number of nitrogens with zero attached hydrogens (tertiary/aromatic N) is 2. The van der Waals surface area contributed by atoms with Crippen LogP contribution in [0.5, 0.6) is 0 Å². The minimum absolute atomic E-state index is 0.0314. The third-order valence-corrected chi connectivity index (χ3v) is 5.02. The standard InChI is InChI=1S/C6H7N3OS3/c10-4(5-11-1-2-12-5)8-6-9-7-3-13-6/h3,5H,1-2H2,(H,8,9,10). The third kappa shape index (κ3) is 2.35. The number of amides is 1. The van der Waals surface area contributed by atoms with Crippen LogP contribution in [0.25, 0.3) is 0 Å². The number of hydrogen-bond donors (Lipinski definition) is 1. The largest absolute Gasteiger partial charge is 0.299 e. The molecule has 0 aliphatic carbocycles. The Morgan fingerprint density at radius 1 is 1.54 bits per heavy atom. The fraction of sp³-hybridized carbons (Fsp3) is 0.500. The molecular weight excluding hydrogens is 226 g/mol. The molecule has 0 spiro atoms. The van der Waals surface area contributed by atoms with E-state index in [-0.39, 0.29) is 10.5 Å². The van der Waals surface area contributed by atoms with E-state index in [1.807, 2.05) is 0 Å². The summed E-state index contributed by atoms with van der Waals surface area (Å²) in [5.74, 6) is 2.14. The lowest BCUT2D eigenvalue weighted by Crippen LogP contribution is -2.20. The molecule has 1 aliphatic heterocycles. The zero-order valence-electron chi connectivity index (χ0n) is 6.60. The minimum Gasteiger partial charge on any atom is -0.299 e. The van der Waals surface area contributed by atoms with Crippen LogP contribution in [0.15, 0.2) is 5.51 Å². The van der Waals surface area contributed by atoms with E-state index in [9.17, 15) is 4.79 Å². The molecule has 1 aromatic heterocycles. The van der Waals surface area contributed by atoms with Gasteiger partial charge in [-0.1, -0.05) is 11.3 Å². The highest BCUT2D eigenvalue weighted by molar-refractivity contribution is 8.21. The van der Waals surface area contributed by atoms with Crippen molar-refractivity contribution in [3.05, 3.63) is 5.51 Å². The zero-order chi connectivity index (χ0) is 9.10. The first-order valence-corrected chi connectivity index (χ1v) is 6.64. The molecule has 1 saturated heterocycles. The molecule has 4 nitrogen and oxygen atoms in total. The molecule has 1 aliphatic rings. The summed E-state index contributed by atoms with van der Waals surface area (Å²) in [5.41, 5.74) is 1.60. The Kier molecular flexibility index (Phi) is 3.07. The van der Waals surface area contributed by atoms with Crippen molar-refractivity contribution in [1.82, 2.24) is 10.2 Å². The van der Waals surface area contributed by atoms with Gasteiger partial charge in [0.1, 0.15) is 10.1 Å². The van der Waals surface area contributed by atoms with Crippen LogP contribution in [0.1, 0.15) is 0 Å². The Hall–Kier alpha value is -0.270. The highest BCUT2D eigenvalue weighted by Crippen LogP contribution is 2.32. The number of nitrogens with one attached hydrogen (secondary N) is 1. The van der Waals surface area contributed by atoms with Gasteiger partial charge < -0.3 is 0 Å². The molecule has 2 rings (SSSR count). The lowest BCUT2D eigenvalue weighted by atomic mass is 10.7. The average Bonchev–Trinajstić information content (AvgIpc) is 2.74. The van der Waals surface area contributed by atoms with Gasteiger partial charge in [-0.3, -0.25) is 10.1 Å². The molecule has 0 radical (unpaired) electrons. The van der Waals surface area contributed by atoms with Crippen LogP contribution in [-0.4, -0.2) is 32.2 Å². The summed E-state index contributed by atoms with van der Waals surface area (Å²) in [7, 11) is 0.